The highest BCUT2D eigenvalue weighted by Gasteiger charge is 2.34. The molecule has 1 atom stereocenters. The van der Waals surface area contributed by atoms with Gasteiger partial charge in [-0.15, -0.1) is 0 Å². The third-order valence-corrected chi connectivity index (χ3v) is 4.62. The summed E-state index contributed by atoms with van der Waals surface area (Å²) in [4.78, 5) is 11.5. The molecule has 6 heteroatoms. The quantitative estimate of drug-likeness (QED) is 0.786. The first-order valence-electron chi connectivity index (χ1n) is 5.30. The summed E-state index contributed by atoms with van der Waals surface area (Å²) >= 11 is 0. The van der Waals surface area contributed by atoms with E-state index in [0.29, 0.717) is 4.90 Å². The molecule has 0 bridgehead atoms. The molecule has 1 amide bonds. The van der Waals surface area contributed by atoms with Crippen molar-refractivity contribution in [1.29, 1.82) is 0 Å². The lowest BCUT2D eigenvalue weighted by Gasteiger charge is -2.11. The van der Waals surface area contributed by atoms with Gasteiger partial charge in [-0.1, -0.05) is 18.2 Å². The van der Waals surface area contributed by atoms with Crippen LogP contribution in [-0.2, 0) is 14.6 Å². The van der Waals surface area contributed by atoms with Gasteiger partial charge < -0.3 is 10.6 Å². The molecular weight excluding hydrogens is 240 g/mol. The molecule has 0 saturated heterocycles. The fourth-order valence-electron chi connectivity index (χ4n) is 1.92. The molecule has 0 aromatic heterocycles. The second kappa shape index (κ2) is 4.46. The van der Waals surface area contributed by atoms with Gasteiger partial charge in [0, 0.05) is 13.1 Å². The van der Waals surface area contributed by atoms with E-state index in [1.165, 1.54) is 0 Å². The molecule has 5 nitrogen and oxygen atoms in total. The summed E-state index contributed by atoms with van der Waals surface area (Å²) < 4.78 is 23.7. The minimum atomic E-state index is -3.20. The number of amides is 1. The summed E-state index contributed by atoms with van der Waals surface area (Å²) in [5, 5.41) is 5.44. The number of rotatable bonds is 3. The molecule has 92 valence electrons. The number of benzene rings is 1. The van der Waals surface area contributed by atoms with E-state index >= 15 is 0 Å². The van der Waals surface area contributed by atoms with Crippen LogP contribution >= 0.6 is 0 Å². The maximum absolute atomic E-state index is 11.8. The first kappa shape index (κ1) is 12.1. The Morgan fingerprint density at radius 1 is 1.41 bits per heavy atom. The Hall–Kier alpha value is -1.40. The van der Waals surface area contributed by atoms with E-state index in [1.54, 1.807) is 31.3 Å². The number of hydrogen-bond donors (Lipinski definition) is 2. The van der Waals surface area contributed by atoms with Crippen LogP contribution in [0.3, 0.4) is 0 Å². The Balaban J connectivity index is 2.21. The van der Waals surface area contributed by atoms with Crippen LogP contribution in [0.5, 0.6) is 0 Å². The Morgan fingerprint density at radius 3 is 2.82 bits per heavy atom. The SMILES string of the molecule is CNC(=O)CNC1CS(=O)(=O)c2ccccc21. The van der Waals surface area contributed by atoms with Crippen LogP contribution in [0.4, 0.5) is 0 Å². The molecule has 0 fully saturated rings. The number of nitrogens with one attached hydrogen (secondary N) is 2. The predicted molar refractivity (Wildman–Crippen MR) is 63.3 cm³/mol. The fourth-order valence-corrected chi connectivity index (χ4v) is 3.69. The average Bonchev–Trinajstić information content (AvgIpc) is 2.59. The van der Waals surface area contributed by atoms with Crippen LogP contribution in [0, 0.1) is 0 Å². The molecule has 17 heavy (non-hydrogen) atoms. The molecule has 1 aromatic rings. The minimum absolute atomic E-state index is 0.0172. The van der Waals surface area contributed by atoms with Gasteiger partial charge in [0.05, 0.1) is 17.2 Å². The normalized spacial score (nSPS) is 20.9. The van der Waals surface area contributed by atoms with Crippen molar-refractivity contribution in [1.82, 2.24) is 10.6 Å². The van der Waals surface area contributed by atoms with Crippen LogP contribution in [0.15, 0.2) is 29.2 Å². The smallest absolute Gasteiger partial charge is 0.233 e. The highest BCUT2D eigenvalue weighted by atomic mass is 32.2. The van der Waals surface area contributed by atoms with Gasteiger partial charge in [-0.05, 0) is 11.6 Å². The summed E-state index contributed by atoms with van der Waals surface area (Å²) in [5.41, 5.74) is 0.747. The van der Waals surface area contributed by atoms with Crippen molar-refractivity contribution in [3.63, 3.8) is 0 Å². The molecule has 2 rings (SSSR count). The van der Waals surface area contributed by atoms with Gasteiger partial charge in [-0.25, -0.2) is 8.42 Å². The van der Waals surface area contributed by atoms with Crippen molar-refractivity contribution in [3.05, 3.63) is 29.8 Å². The average molecular weight is 254 g/mol. The monoisotopic (exact) mass is 254 g/mol. The molecule has 1 unspecified atom stereocenters. The lowest BCUT2D eigenvalue weighted by Crippen LogP contribution is -2.34. The zero-order chi connectivity index (χ0) is 12.5. The number of likely N-dealkylation sites (N-methyl/N-ethyl adjacent to an activating group) is 1. The van der Waals surface area contributed by atoms with E-state index in [1.807, 2.05) is 0 Å². The third kappa shape index (κ3) is 2.32. The summed E-state index contributed by atoms with van der Waals surface area (Å²) in [6.07, 6.45) is 0. The van der Waals surface area contributed by atoms with Gasteiger partial charge in [0.2, 0.25) is 5.91 Å². The first-order chi connectivity index (χ1) is 8.04. The van der Waals surface area contributed by atoms with E-state index in [-0.39, 0.29) is 24.2 Å². The zero-order valence-corrected chi connectivity index (χ0v) is 10.3. The maximum Gasteiger partial charge on any atom is 0.233 e. The summed E-state index contributed by atoms with van der Waals surface area (Å²) in [7, 11) is -1.66. The van der Waals surface area contributed by atoms with Crippen molar-refractivity contribution in [2.24, 2.45) is 0 Å². The van der Waals surface area contributed by atoms with Crippen molar-refractivity contribution in [2.75, 3.05) is 19.3 Å². The molecule has 1 aliphatic rings. The summed E-state index contributed by atoms with van der Waals surface area (Å²) in [5.74, 6) is -0.143. The number of sulfone groups is 1. The molecule has 1 aromatic carbocycles. The molecule has 0 saturated carbocycles. The minimum Gasteiger partial charge on any atom is -0.358 e. The van der Waals surface area contributed by atoms with Crippen LogP contribution in [0.25, 0.3) is 0 Å². The van der Waals surface area contributed by atoms with Gasteiger partial charge in [-0.3, -0.25) is 4.79 Å². The van der Waals surface area contributed by atoms with Crippen molar-refractivity contribution in [2.45, 2.75) is 10.9 Å². The van der Waals surface area contributed by atoms with Crippen LogP contribution < -0.4 is 10.6 Å². The van der Waals surface area contributed by atoms with Crippen LogP contribution in [0.2, 0.25) is 0 Å². The topological polar surface area (TPSA) is 75.3 Å². The van der Waals surface area contributed by atoms with Gasteiger partial charge in [0.25, 0.3) is 0 Å². The van der Waals surface area contributed by atoms with E-state index in [9.17, 15) is 13.2 Å². The standard InChI is InChI=1S/C11H14N2O3S/c1-12-11(14)6-13-9-7-17(15,16)10-5-3-2-4-8(9)10/h2-5,9,13H,6-7H2,1H3,(H,12,14). The summed E-state index contributed by atoms with van der Waals surface area (Å²) in [6, 6.07) is 6.59. The van der Waals surface area contributed by atoms with Crippen molar-refractivity contribution in [3.8, 4) is 0 Å². The van der Waals surface area contributed by atoms with E-state index in [0.717, 1.165) is 5.56 Å². The van der Waals surface area contributed by atoms with Crippen molar-refractivity contribution < 1.29 is 13.2 Å². The molecule has 2 N–H and O–H groups in total. The Bertz CT molecular complexity index is 539. The molecule has 0 spiro atoms. The Morgan fingerprint density at radius 2 is 2.12 bits per heavy atom. The lowest BCUT2D eigenvalue weighted by molar-refractivity contribution is -0.119. The van der Waals surface area contributed by atoms with E-state index in [2.05, 4.69) is 10.6 Å². The molecular formula is C11H14N2O3S. The van der Waals surface area contributed by atoms with E-state index in [4.69, 9.17) is 0 Å². The van der Waals surface area contributed by atoms with Gasteiger partial charge in [0.1, 0.15) is 0 Å². The Kier molecular flexibility index (Phi) is 3.17. The van der Waals surface area contributed by atoms with Crippen LogP contribution in [0.1, 0.15) is 11.6 Å². The predicted octanol–water partition coefficient (Wildman–Crippen LogP) is -0.149. The third-order valence-electron chi connectivity index (χ3n) is 2.80. The number of carbonyl (C=O) groups excluding carboxylic acids is 1. The van der Waals surface area contributed by atoms with Gasteiger partial charge in [-0.2, -0.15) is 0 Å². The lowest BCUT2D eigenvalue weighted by atomic mass is 10.1. The largest absolute Gasteiger partial charge is 0.358 e. The van der Waals surface area contributed by atoms with Crippen molar-refractivity contribution >= 4 is 15.7 Å². The molecule has 0 radical (unpaired) electrons. The van der Waals surface area contributed by atoms with Gasteiger partial charge in [0.15, 0.2) is 9.84 Å². The number of fused-ring (bicyclic) bond motifs is 1. The fraction of sp³-hybridized carbons (Fsp3) is 0.364. The zero-order valence-electron chi connectivity index (χ0n) is 9.43. The number of carbonyl (C=O) groups is 1. The van der Waals surface area contributed by atoms with Crippen LogP contribution in [-0.4, -0.2) is 33.7 Å². The second-order valence-electron chi connectivity index (χ2n) is 3.93. The highest BCUT2D eigenvalue weighted by molar-refractivity contribution is 7.91. The molecule has 1 heterocycles. The first-order valence-corrected chi connectivity index (χ1v) is 6.95. The molecule has 1 aliphatic heterocycles. The Labute approximate surface area is 100 Å². The highest BCUT2D eigenvalue weighted by Crippen LogP contribution is 2.32. The second-order valence-corrected chi connectivity index (χ2v) is 5.93. The maximum atomic E-state index is 11.8. The summed E-state index contributed by atoms with van der Waals surface area (Å²) in [6.45, 7) is 0.116. The number of hydrogen-bond acceptors (Lipinski definition) is 4. The molecule has 0 aliphatic carbocycles. The van der Waals surface area contributed by atoms with E-state index < -0.39 is 9.84 Å². The van der Waals surface area contributed by atoms with Gasteiger partial charge >= 0.3 is 0 Å².